The molecule has 1 heterocycles. The summed E-state index contributed by atoms with van der Waals surface area (Å²) in [5, 5.41) is 0.956. The molecule has 0 aliphatic heterocycles. The van der Waals surface area contributed by atoms with Crippen molar-refractivity contribution >= 4 is 40.1 Å². The number of H-pyrrole nitrogens is 1. The van der Waals surface area contributed by atoms with Gasteiger partial charge in [0.2, 0.25) is 0 Å². The summed E-state index contributed by atoms with van der Waals surface area (Å²) in [5.41, 5.74) is 3.91. The van der Waals surface area contributed by atoms with Gasteiger partial charge < -0.3 is 19.4 Å². The second kappa shape index (κ2) is 11.7. The van der Waals surface area contributed by atoms with Crippen LogP contribution in [0.15, 0.2) is 54.6 Å². The summed E-state index contributed by atoms with van der Waals surface area (Å²) in [4.78, 5) is 23.9. The summed E-state index contributed by atoms with van der Waals surface area (Å²) in [6, 6.07) is 16.8. The van der Waals surface area contributed by atoms with E-state index in [1.165, 1.54) is 19.3 Å². The molecular formula is C30H31Cl2N3O3. The van der Waals surface area contributed by atoms with Crippen molar-refractivity contribution in [2.45, 2.75) is 38.6 Å². The molecular weight excluding hydrogens is 521 g/mol. The zero-order valence-electron chi connectivity index (χ0n) is 21.6. The molecule has 5 rings (SSSR count). The normalized spacial score (nSPS) is 14.0. The van der Waals surface area contributed by atoms with E-state index >= 15 is 0 Å². The largest absolute Gasteiger partial charge is 0.493 e. The zero-order chi connectivity index (χ0) is 26.6. The molecule has 0 saturated heterocycles. The van der Waals surface area contributed by atoms with Crippen LogP contribution in [-0.4, -0.2) is 41.5 Å². The Morgan fingerprint density at radius 2 is 1.82 bits per heavy atom. The number of ether oxygens (including phenoxy) is 2. The van der Waals surface area contributed by atoms with Gasteiger partial charge in [0.05, 0.1) is 35.3 Å². The lowest BCUT2D eigenvalue weighted by molar-refractivity contribution is 0.0697. The number of para-hydroxylation sites is 1. The molecule has 1 saturated carbocycles. The number of nitrogens with zero attached hydrogens (tertiary/aromatic N) is 2. The highest BCUT2D eigenvalue weighted by molar-refractivity contribution is 6.42. The van der Waals surface area contributed by atoms with Crippen molar-refractivity contribution in [2.24, 2.45) is 5.92 Å². The number of carbonyl (C=O) groups excluding carboxylic acids is 1. The number of hydrogen-bond donors (Lipinski definition) is 1. The molecule has 8 heteroatoms. The average Bonchev–Trinajstić information content (AvgIpc) is 3.37. The molecule has 3 aromatic carbocycles. The molecule has 1 aliphatic carbocycles. The minimum atomic E-state index is -0.0203. The molecule has 198 valence electrons. The average molecular weight is 553 g/mol. The van der Waals surface area contributed by atoms with Gasteiger partial charge in [0.1, 0.15) is 5.82 Å². The molecule has 0 radical (unpaired) electrons. The zero-order valence-corrected chi connectivity index (χ0v) is 23.1. The van der Waals surface area contributed by atoms with E-state index in [1.54, 1.807) is 26.4 Å². The first-order valence-corrected chi connectivity index (χ1v) is 13.7. The molecule has 1 aliphatic rings. The minimum Gasteiger partial charge on any atom is -0.493 e. The van der Waals surface area contributed by atoms with Gasteiger partial charge in [0.15, 0.2) is 11.5 Å². The Morgan fingerprint density at radius 1 is 1.00 bits per heavy atom. The Kier molecular flexibility index (Phi) is 8.10. The van der Waals surface area contributed by atoms with Crippen molar-refractivity contribution in [2.75, 3.05) is 20.8 Å². The van der Waals surface area contributed by atoms with Gasteiger partial charge >= 0.3 is 0 Å². The molecule has 1 amide bonds. The monoisotopic (exact) mass is 551 g/mol. The fourth-order valence-corrected chi connectivity index (χ4v) is 5.59. The number of hydrogen-bond acceptors (Lipinski definition) is 4. The number of fused-ring (bicyclic) bond motifs is 1. The van der Waals surface area contributed by atoms with E-state index < -0.39 is 0 Å². The molecule has 0 spiro atoms. The number of methoxy groups -OCH3 is 2. The van der Waals surface area contributed by atoms with Crippen LogP contribution in [0.25, 0.3) is 22.4 Å². The Balaban J connectivity index is 1.46. The van der Waals surface area contributed by atoms with Gasteiger partial charge in [-0.15, -0.1) is 0 Å². The van der Waals surface area contributed by atoms with Crippen molar-refractivity contribution in [1.29, 1.82) is 0 Å². The van der Waals surface area contributed by atoms with E-state index in [1.807, 2.05) is 47.4 Å². The highest BCUT2D eigenvalue weighted by Gasteiger charge is 2.24. The molecule has 1 N–H and O–H groups in total. The predicted molar refractivity (Wildman–Crippen MR) is 152 cm³/mol. The van der Waals surface area contributed by atoms with Crippen molar-refractivity contribution in [1.82, 2.24) is 14.9 Å². The third-order valence-corrected chi connectivity index (χ3v) is 8.00. The van der Waals surface area contributed by atoms with Crippen molar-refractivity contribution in [3.63, 3.8) is 0 Å². The second-order valence-corrected chi connectivity index (χ2v) is 10.6. The Morgan fingerprint density at radius 3 is 2.55 bits per heavy atom. The molecule has 1 aromatic heterocycles. The van der Waals surface area contributed by atoms with E-state index in [0.717, 1.165) is 35.0 Å². The lowest BCUT2D eigenvalue weighted by Crippen LogP contribution is -2.35. The summed E-state index contributed by atoms with van der Waals surface area (Å²) in [7, 11) is 3.25. The molecule has 0 bridgehead atoms. The summed E-state index contributed by atoms with van der Waals surface area (Å²) >= 11 is 12.3. The number of aromatic nitrogens is 2. The number of imidazole rings is 1. The SMILES string of the molecule is COc1cccc(CN(CC2CCCCC2)C(=O)c2ccc3nc(-c4ccc(Cl)c(Cl)c4)[nH]c3c2)c1OC. The predicted octanol–water partition coefficient (Wildman–Crippen LogP) is 7.78. The highest BCUT2D eigenvalue weighted by atomic mass is 35.5. The smallest absolute Gasteiger partial charge is 0.254 e. The van der Waals surface area contributed by atoms with Crippen LogP contribution in [-0.2, 0) is 6.54 Å². The van der Waals surface area contributed by atoms with Crippen molar-refractivity contribution in [3.8, 4) is 22.9 Å². The third-order valence-electron chi connectivity index (χ3n) is 7.26. The number of nitrogens with one attached hydrogen (secondary N) is 1. The van der Waals surface area contributed by atoms with Crippen LogP contribution in [0.3, 0.4) is 0 Å². The minimum absolute atomic E-state index is 0.0203. The fourth-order valence-electron chi connectivity index (χ4n) is 5.29. The first-order chi connectivity index (χ1) is 18.5. The third kappa shape index (κ3) is 5.62. The van der Waals surface area contributed by atoms with Crippen LogP contribution in [0.2, 0.25) is 10.0 Å². The molecule has 1 fully saturated rings. The van der Waals surface area contributed by atoms with Crippen LogP contribution in [0.5, 0.6) is 11.5 Å². The maximum absolute atomic E-state index is 14.0. The van der Waals surface area contributed by atoms with E-state index in [4.69, 9.17) is 32.7 Å². The van der Waals surface area contributed by atoms with Crippen LogP contribution >= 0.6 is 23.2 Å². The summed E-state index contributed by atoms with van der Waals surface area (Å²) in [5.74, 6) is 2.45. The van der Waals surface area contributed by atoms with E-state index in [9.17, 15) is 4.79 Å². The summed E-state index contributed by atoms with van der Waals surface area (Å²) in [6.45, 7) is 1.14. The fraction of sp³-hybridized carbons (Fsp3) is 0.333. The molecule has 4 aromatic rings. The summed E-state index contributed by atoms with van der Waals surface area (Å²) in [6.07, 6.45) is 5.99. The lowest BCUT2D eigenvalue weighted by atomic mass is 9.88. The topological polar surface area (TPSA) is 67.5 Å². The number of benzene rings is 3. The molecule has 0 unspecified atom stereocenters. The van der Waals surface area contributed by atoms with Gasteiger partial charge in [-0.05, 0) is 61.2 Å². The van der Waals surface area contributed by atoms with E-state index in [-0.39, 0.29) is 5.91 Å². The van der Waals surface area contributed by atoms with Gasteiger partial charge in [-0.2, -0.15) is 0 Å². The number of halogens is 2. The Labute approximate surface area is 232 Å². The Bertz CT molecular complexity index is 1450. The lowest BCUT2D eigenvalue weighted by Gasteiger charge is -2.30. The van der Waals surface area contributed by atoms with Gasteiger partial charge in [0.25, 0.3) is 5.91 Å². The maximum atomic E-state index is 14.0. The van der Waals surface area contributed by atoms with Crippen molar-refractivity contribution in [3.05, 3.63) is 75.8 Å². The second-order valence-electron chi connectivity index (χ2n) is 9.79. The van der Waals surface area contributed by atoms with Crippen LogP contribution < -0.4 is 9.47 Å². The number of aromatic amines is 1. The number of rotatable bonds is 8. The van der Waals surface area contributed by atoms with Gasteiger partial charge in [0, 0.05) is 29.8 Å². The quantitative estimate of drug-likeness (QED) is 0.242. The van der Waals surface area contributed by atoms with E-state index in [2.05, 4.69) is 9.97 Å². The van der Waals surface area contributed by atoms with Crippen molar-refractivity contribution < 1.29 is 14.3 Å². The summed E-state index contributed by atoms with van der Waals surface area (Å²) < 4.78 is 11.2. The van der Waals surface area contributed by atoms with Crippen LogP contribution in [0, 0.1) is 5.92 Å². The van der Waals surface area contributed by atoms with E-state index in [0.29, 0.717) is 51.9 Å². The highest BCUT2D eigenvalue weighted by Crippen LogP contribution is 2.33. The molecule has 38 heavy (non-hydrogen) atoms. The first-order valence-electron chi connectivity index (χ1n) is 12.9. The molecule has 0 atom stereocenters. The Hall–Kier alpha value is -3.22. The van der Waals surface area contributed by atoms with Gasteiger partial charge in [-0.25, -0.2) is 4.98 Å². The number of amides is 1. The first kappa shape index (κ1) is 26.4. The van der Waals surface area contributed by atoms with Crippen LogP contribution in [0.1, 0.15) is 48.0 Å². The standard InChI is InChI=1S/C30H31Cl2N3O3/c1-37-27-10-6-9-22(28(27)38-2)18-35(17-19-7-4-3-5-8-19)30(36)21-12-14-25-26(16-21)34-29(33-25)20-11-13-23(31)24(32)15-20/h6,9-16,19H,3-5,7-8,17-18H2,1-2H3,(H,33,34). The van der Waals surface area contributed by atoms with Gasteiger partial charge in [-0.3, -0.25) is 4.79 Å². The molecule has 6 nitrogen and oxygen atoms in total. The van der Waals surface area contributed by atoms with Gasteiger partial charge in [-0.1, -0.05) is 54.6 Å². The van der Waals surface area contributed by atoms with Crippen LogP contribution in [0.4, 0.5) is 0 Å². The number of carbonyl (C=O) groups is 1. The maximum Gasteiger partial charge on any atom is 0.254 e.